The highest BCUT2D eigenvalue weighted by atomic mass is 16.1. The van der Waals surface area contributed by atoms with Crippen LogP contribution >= 0.6 is 0 Å². The highest BCUT2D eigenvalue weighted by Gasteiger charge is 2.22. The molecule has 0 amide bonds. The number of imidazole rings is 2. The summed E-state index contributed by atoms with van der Waals surface area (Å²) in [5.74, 6) is 8.08. The van der Waals surface area contributed by atoms with E-state index in [0.29, 0.717) is 58.3 Å². The zero-order valence-corrected chi connectivity index (χ0v) is 67.9. The summed E-state index contributed by atoms with van der Waals surface area (Å²) in [6, 6.07) is 19.6. The van der Waals surface area contributed by atoms with Crippen LogP contribution in [0, 0.1) is 5.41 Å². The minimum Gasteiger partial charge on any atom is -0.346 e. The number of anilines is 1. The molecule has 0 saturated heterocycles. The minimum absolute atomic E-state index is 0.0822. The molecule has 3 aliphatic heterocycles. The molecule has 5 N–H and O–H groups in total. The van der Waals surface area contributed by atoms with Crippen LogP contribution < -0.4 is 10.9 Å². The molecule has 13 aromatic heterocycles. The first-order chi connectivity index (χ1) is 52.8. The zero-order valence-electron chi connectivity index (χ0n) is 67.9. The monoisotopic (exact) mass is 1490 g/mol. The molecule has 16 heterocycles. The van der Waals surface area contributed by atoms with E-state index < -0.39 is 0 Å². The van der Waals surface area contributed by atoms with Gasteiger partial charge in [-0.25, -0.2) is 73.8 Å². The van der Waals surface area contributed by atoms with Gasteiger partial charge >= 0.3 is 0 Å². The first kappa shape index (κ1) is 83.0. The number of fused-ring (bicyclic) bond motifs is 8. The van der Waals surface area contributed by atoms with Crippen molar-refractivity contribution in [2.45, 2.75) is 205 Å². The Morgan fingerprint density at radius 1 is 0.514 bits per heavy atom. The average Bonchev–Trinajstić information content (AvgIpc) is 1.58. The fraction of sp³-hybridized carbons (Fsp3) is 0.376. The van der Waals surface area contributed by atoms with Crippen molar-refractivity contribution in [3.05, 3.63) is 240 Å². The van der Waals surface area contributed by atoms with Crippen molar-refractivity contribution in [1.29, 1.82) is 0 Å². The van der Waals surface area contributed by atoms with E-state index in [1.807, 2.05) is 131 Å². The summed E-state index contributed by atoms with van der Waals surface area (Å²) in [5, 5.41) is 13.3. The van der Waals surface area contributed by atoms with Gasteiger partial charge < -0.3 is 25.3 Å². The van der Waals surface area contributed by atoms with E-state index in [4.69, 9.17) is 0 Å². The molecule has 0 spiro atoms. The largest absolute Gasteiger partial charge is 0.346 e. The third-order valence-electron chi connectivity index (χ3n) is 17.3. The second-order valence-electron chi connectivity index (χ2n) is 31.2. The van der Waals surface area contributed by atoms with Crippen LogP contribution in [0.4, 0.5) is 11.5 Å². The van der Waals surface area contributed by atoms with E-state index in [2.05, 4.69) is 246 Å². The molecule has 0 bridgehead atoms. The molecule has 26 heteroatoms. The maximum absolute atomic E-state index is 11.6. The summed E-state index contributed by atoms with van der Waals surface area (Å²) >= 11 is 0. The zero-order chi connectivity index (χ0) is 80.3. The predicted molar refractivity (Wildman–Crippen MR) is 447 cm³/mol. The summed E-state index contributed by atoms with van der Waals surface area (Å²) in [6.07, 6.45) is 30.1. The normalized spacial score (nSPS) is 12.7. The maximum atomic E-state index is 11.6. The molecule has 0 aliphatic carbocycles. The smallest absolute Gasteiger partial charge is 0.260 e. The van der Waals surface area contributed by atoms with Gasteiger partial charge in [-0.1, -0.05) is 164 Å². The molecule has 14 aromatic rings. The Morgan fingerprint density at radius 2 is 1.17 bits per heavy atom. The van der Waals surface area contributed by atoms with Crippen molar-refractivity contribution in [3.63, 3.8) is 0 Å². The van der Waals surface area contributed by atoms with Crippen molar-refractivity contribution in [3.8, 4) is 0 Å². The third kappa shape index (κ3) is 23.5. The summed E-state index contributed by atoms with van der Waals surface area (Å²) in [4.78, 5) is 92.1. The first-order valence-corrected chi connectivity index (χ1v) is 37.7. The Kier molecular flexibility index (Phi) is 28.3. The molecule has 17 rings (SSSR count). The number of hydrogen-bond acceptors (Lipinski definition) is 20. The van der Waals surface area contributed by atoms with Gasteiger partial charge in [-0.15, -0.1) is 0 Å². The summed E-state index contributed by atoms with van der Waals surface area (Å²) < 4.78 is 3.57. The number of rotatable bonds is 7. The SMILES string of the molecule is C=C1C=CN=C(C(C)(C)C)C1.C=C1Cc2cnc(C(C)C)nc2N1.CC(C)(C)c1nc2[nH]ccc2c(=O)[nH]1.CC(C)c1ccc2nccn2n1.CC(C)c1ccn2nccc2n1.CC(C)c1cnc2ccccc2n1.CC(C)c1ncc2[nH]cnc2n1.CC(C)c1ncc2c(n1)CC=N2.CC(C)c1ncc2cc[nH]c2n1. The van der Waals surface area contributed by atoms with Crippen LogP contribution in [-0.4, -0.2) is 121 Å². The van der Waals surface area contributed by atoms with Gasteiger partial charge in [0.05, 0.1) is 58.4 Å². The van der Waals surface area contributed by atoms with E-state index in [9.17, 15) is 4.79 Å². The highest BCUT2D eigenvalue weighted by Crippen LogP contribution is 2.28. The van der Waals surface area contributed by atoms with Gasteiger partial charge in [-0.2, -0.15) is 10.2 Å². The van der Waals surface area contributed by atoms with Gasteiger partial charge in [-0.3, -0.25) is 19.8 Å². The molecule has 0 radical (unpaired) electrons. The van der Waals surface area contributed by atoms with Gasteiger partial charge in [0.2, 0.25) is 0 Å². The second-order valence-corrected chi connectivity index (χ2v) is 31.2. The number of allylic oxidation sites excluding steroid dienone is 3. The number of H-pyrrole nitrogens is 4. The van der Waals surface area contributed by atoms with Gasteiger partial charge in [0.25, 0.3) is 5.56 Å². The van der Waals surface area contributed by atoms with Crippen LogP contribution in [0.5, 0.6) is 0 Å². The number of aromatic amines is 4. The molecular weight excluding hydrogens is 1390 g/mol. The van der Waals surface area contributed by atoms with E-state index in [1.54, 1.807) is 52.4 Å². The lowest BCUT2D eigenvalue weighted by atomic mass is 9.85. The number of benzene rings is 1. The number of nitrogens with one attached hydrogen (secondary N) is 5. The Hall–Kier alpha value is -12.1. The predicted octanol–water partition coefficient (Wildman–Crippen LogP) is 18.5. The Labute approximate surface area is 649 Å². The lowest BCUT2D eigenvalue weighted by Crippen LogP contribution is -2.21. The molecule has 0 fully saturated rings. The van der Waals surface area contributed by atoms with Crippen LogP contribution in [0.1, 0.15) is 244 Å². The van der Waals surface area contributed by atoms with Gasteiger partial charge in [-0.05, 0) is 71.9 Å². The molecule has 0 atom stereocenters. The topological polar surface area (TPSA) is 332 Å². The molecule has 0 unspecified atom stereocenters. The molecule has 578 valence electrons. The quantitative estimate of drug-likeness (QED) is 0.0989. The summed E-state index contributed by atoms with van der Waals surface area (Å²) in [6.45, 7) is 49.8. The highest BCUT2D eigenvalue weighted by molar-refractivity contribution is 5.92. The summed E-state index contributed by atoms with van der Waals surface area (Å²) in [7, 11) is 0. The van der Waals surface area contributed by atoms with Crippen LogP contribution in [0.15, 0.2) is 187 Å². The lowest BCUT2D eigenvalue weighted by molar-refractivity contribution is 0.546. The second kappa shape index (κ2) is 37.8. The van der Waals surface area contributed by atoms with Crippen molar-refractivity contribution >= 4 is 79.0 Å². The lowest BCUT2D eigenvalue weighted by Gasteiger charge is -2.22. The number of nitrogens with zero attached hydrogens (tertiary/aromatic N) is 20. The minimum atomic E-state index is -0.140. The molecule has 1 aromatic carbocycles. The fourth-order valence-electron chi connectivity index (χ4n) is 10.6. The number of hydrogen-bond donors (Lipinski definition) is 5. The molecule has 0 saturated carbocycles. The Morgan fingerprint density at radius 3 is 1.86 bits per heavy atom. The van der Waals surface area contributed by atoms with Crippen molar-refractivity contribution in [1.82, 2.24) is 109 Å². The number of para-hydroxylation sites is 2. The Bertz CT molecular complexity index is 5260. The van der Waals surface area contributed by atoms with E-state index >= 15 is 0 Å². The van der Waals surface area contributed by atoms with Gasteiger partial charge in [0.1, 0.15) is 57.4 Å². The van der Waals surface area contributed by atoms with Crippen LogP contribution in [0.2, 0.25) is 0 Å². The van der Waals surface area contributed by atoms with Crippen molar-refractivity contribution in [2.24, 2.45) is 15.4 Å². The first-order valence-electron chi connectivity index (χ1n) is 37.7. The fourth-order valence-corrected chi connectivity index (χ4v) is 10.6. The maximum Gasteiger partial charge on any atom is 0.260 e. The number of aliphatic imine (C=N–C) groups is 2. The van der Waals surface area contributed by atoms with Gasteiger partial charge in [0, 0.05) is 150 Å². The standard InChI is InChI=1S/C11H12N2.C10H13N3O.C10H13N3.C10H15N.4C9H11N3.C8H10N4/c1-8(2)11-7-12-9-5-3-4-6-10(9)13-11;1-10(2,3)9-12-7-6(4-5-11-7)8(14)13-9;1-6(2)9-11-5-8-4-7(3)12-10(8)13-9;1-8-5-6-11-9(7-8)10(2,3)4;1-7(2)8-4-6-12-9(11-8)3-5-10-12;1-7(2)8-3-4-9-10-5-6-12(9)11-8;1-6(2)9-11-5-8-7(12-9)3-4-10-8;1-6(2)8-11-5-7-3-4-10-9(7)12-8;1-5(2)7-9-3-6-8(12-7)11-4-10-6/h3-8H,1-2H3;4-5H,1-3H3,(H2,11,12,13,14);5-6H,3-4H2,1-2H3,(H,11,12,13);5-6H,1,7H2,2-4H3;2*3-7H,1-2H3;4-6H,3H2,1-2H3;3-6H,1-2H3,(H,10,11,12);3-5H,1-2H3,(H,9,10,11,12). The summed E-state index contributed by atoms with van der Waals surface area (Å²) in [5.41, 5.74) is 16.7. The molecule has 3 aliphatic rings. The van der Waals surface area contributed by atoms with Crippen molar-refractivity contribution in [2.75, 3.05) is 5.32 Å². The average molecular weight is 1490 g/mol. The van der Waals surface area contributed by atoms with E-state index in [0.717, 1.165) is 138 Å². The Balaban J connectivity index is 0.000000144. The van der Waals surface area contributed by atoms with Gasteiger partial charge in [0.15, 0.2) is 16.9 Å². The van der Waals surface area contributed by atoms with E-state index in [-0.39, 0.29) is 16.4 Å². The molecule has 26 nitrogen and oxygen atoms in total. The van der Waals surface area contributed by atoms with Crippen LogP contribution in [0.3, 0.4) is 0 Å². The molecule has 111 heavy (non-hydrogen) atoms. The van der Waals surface area contributed by atoms with Crippen LogP contribution in [0.25, 0.3) is 55.6 Å². The van der Waals surface area contributed by atoms with Crippen molar-refractivity contribution < 1.29 is 0 Å². The van der Waals surface area contributed by atoms with E-state index in [1.165, 1.54) is 5.71 Å². The molecular formula is C85H107N25O. The van der Waals surface area contributed by atoms with Crippen LogP contribution in [-0.2, 0) is 18.3 Å². The third-order valence-corrected chi connectivity index (χ3v) is 17.3. The number of aromatic nitrogens is 22.